The van der Waals surface area contributed by atoms with Crippen LogP contribution in [0.4, 0.5) is 5.69 Å². The zero-order valence-corrected chi connectivity index (χ0v) is 12.0. The van der Waals surface area contributed by atoms with Gasteiger partial charge in [-0.2, -0.15) is 4.68 Å². The molecule has 0 spiro atoms. The van der Waals surface area contributed by atoms with Gasteiger partial charge in [-0.25, -0.2) is 4.98 Å². The molecule has 0 amide bonds. The zero-order chi connectivity index (χ0) is 13.9. The third kappa shape index (κ3) is 2.39. The Kier molecular flexibility index (Phi) is 3.42. The predicted octanol–water partition coefficient (Wildman–Crippen LogP) is 2.60. The van der Waals surface area contributed by atoms with Crippen molar-refractivity contribution in [1.82, 2.24) is 25.2 Å². The van der Waals surface area contributed by atoms with Gasteiger partial charge in [0.15, 0.2) is 0 Å². The zero-order valence-electron chi connectivity index (χ0n) is 11.2. The minimum absolute atomic E-state index is 0.181. The Labute approximate surface area is 120 Å². The van der Waals surface area contributed by atoms with E-state index in [1.54, 1.807) is 22.3 Å². The molecule has 6 nitrogen and oxygen atoms in total. The highest BCUT2D eigenvalue weighted by Crippen LogP contribution is 2.27. The fourth-order valence-corrected chi connectivity index (χ4v) is 2.90. The number of rotatable bonds is 4. The number of thiazole rings is 1. The van der Waals surface area contributed by atoms with E-state index in [2.05, 4.69) is 32.7 Å². The van der Waals surface area contributed by atoms with Gasteiger partial charge in [-0.15, -0.1) is 16.4 Å². The van der Waals surface area contributed by atoms with Crippen molar-refractivity contribution < 1.29 is 0 Å². The van der Waals surface area contributed by atoms with Crippen LogP contribution in [0.15, 0.2) is 36.1 Å². The molecule has 2 aromatic heterocycles. The predicted molar refractivity (Wildman–Crippen MR) is 78.0 cm³/mol. The number of anilines is 1. The monoisotopic (exact) mass is 286 g/mol. The van der Waals surface area contributed by atoms with Crippen molar-refractivity contribution in [3.05, 3.63) is 46.7 Å². The molecule has 1 atom stereocenters. The fraction of sp³-hybridized carbons (Fsp3) is 0.231. The topological polar surface area (TPSA) is 68.5 Å². The summed E-state index contributed by atoms with van der Waals surface area (Å²) in [6.07, 6.45) is 1.59. The molecule has 0 aliphatic rings. The maximum absolute atomic E-state index is 4.29. The number of tetrazole rings is 1. The van der Waals surface area contributed by atoms with Crippen LogP contribution in [-0.2, 0) is 0 Å². The highest BCUT2D eigenvalue weighted by molar-refractivity contribution is 7.09. The highest BCUT2D eigenvalue weighted by Gasteiger charge is 2.13. The molecule has 1 unspecified atom stereocenters. The molecule has 3 aromatic rings. The first-order chi connectivity index (χ1) is 9.75. The Morgan fingerprint density at radius 1 is 1.30 bits per heavy atom. The van der Waals surface area contributed by atoms with Gasteiger partial charge in [0.2, 0.25) is 0 Å². The molecule has 0 aliphatic heterocycles. The van der Waals surface area contributed by atoms with Crippen LogP contribution in [0.5, 0.6) is 0 Å². The summed E-state index contributed by atoms with van der Waals surface area (Å²) in [5.74, 6) is 0. The van der Waals surface area contributed by atoms with Crippen LogP contribution in [0.1, 0.15) is 23.5 Å². The van der Waals surface area contributed by atoms with Crippen molar-refractivity contribution in [3.8, 4) is 5.69 Å². The molecular weight excluding hydrogens is 272 g/mol. The van der Waals surface area contributed by atoms with Crippen LogP contribution in [0.25, 0.3) is 5.69 Å². The summed E-state index contributed by atoms with van der Waals surface area (Å²) in [5.41, 5.74) is 4.84. The van der Waals surface area contributed by atoms with E-state index in [1.807, 2.05) is 36.7 Å². The Morgan fingerprint density at radius 3 is 2.85 bits per heavy atom. The van der Waals surface area contributed by atoms with Crippen molar-refractivity contribution in [1.29, 1.82) is 0 Å². The fourth-order valence-electron chi connectivity index (χ4n) is 2.09. The van der Waals surface area contributed by atoms with E-state index >= 15 is 0 Å². The average molecular weight is 286 g/mol. The summed E-state index contributed by atoms with van der Waals surface area (Å²) in [6.45, 7) is 4.15. The van der Waals surface area contributed by atoms with Crippen LogP contribution in [0.3, 0.4) is 0 Å². The molecule has 3 rings (SSSR count). The van der Waals surface area contributed by atoms with Crippen LogP contribution in [0, 0.1) is 6.92 Å². The number of aryl methyl sites for hydroxylation is 1. The maximum atomic E-state index is 4.29. The van der Waals surface area contributed by atoms with Gasteiger partial charge >= 0.3 is 0 Å². The Bertz CT molecular complexity index is 690. The van der Waals surface area contributed by atoms with Gasteiger partial charge < -0.3 is 5.32 Å². The van der Waals surface area contributed by atoms with Gasteiger partial charge in [0.25, 0.3) is 0 Å². The third-order valence-electron chi connectivity index (χ3n) is 3.05. The molecule has 0 fully saturated rings. The lowest BCUT2D eigenvalue weighted by Crippen LogP contribution is -2.09. The maximum Gasteiger partial charge on any atom is 0.143 e. The van der Waals surface area contributed by atoms with Crippen LogP contribution < -0.4 is 5.32 Å². The average Bonchev–Trinajstić information content (AvgIpc) is 3.10. The number of hydrogen-bond acceptors (Lipinski definition) is 6. The van der Waals surface area contributed by atoms with Gasteiger partial charge in [-0.05, 0) is 36.4 Å². The second-order valence-electron chi connectivity index (χ2n) is 4.44. The largest absolute Gasteiger partial charge is 0.376 e. The number of nitrogens with zero attached hydrogens (tertiary/aromatic N) is 5. The van der Waals surface area contributed by atoms with E-state index in [-0.39, 0.29) is 6.04 Å². The SMILES string of the molecule is Cc1ncsc1C(C)Nc1ccccc1-n1cnnn1. The number of para-hydroxylation sites is 2. The first-order valence-corrected chi connectivity index (χ1v) is 7.12. The summed E-state index contributed by atoms with van der Waals surface area (Å²) >= 11 is 1.66. The van der Waals surface area contributed by atoms with Crippen molar-refractivity contribution in [3.63, 3.8) is 0 Å². The van der Waals surface area contributed by atoms with E-state index in [1.165, 1.54) is 4.88 Å². The van der Waals surface area contributed by atoms with Crippen molar-refractivity contribution >= 4 is 17.0 Å². The van der Waals surface area contributed by atoms with Gasteiger partial charge in [-0.3, -0.25) is 0 Å². The van der Waals surface area contributed by atoms with Gasteiger partial charge in [-0.1, -0.05) is 12.1 Å². The lowest BCUT2D eigenvalue weighted by Gasteiger charge is -2.17. The Hall–Kier alpha value is -2.28. The van der Waals surface area contributed by atoms with E-state index in [4.69, 9.17) is 0 Å². The molecule has 102 valence electrons. The minimum atomic E-state index is 0.181. The summed E-state index contributed by atoms with van der Waals surface area (Å²) < 4.78 is 1.65. The van der Waals surface area contributed by atoms with Crippen LogP contribution in [0.2, 0.25) is 0 Å². The lowest BCUT2D eigenvalue weighted by molar-refractivity contribution is 0.786. The number of benzene rings is 1. The number of nitrogens with one attached hydrogen (secondary N) is 1. The standard InChI is InChI=1S/C13H14N6S/c1-9-13(20-8-14-9)10(2)16-11-5-3-4-6-12(11)19-7-15-17-18-19/h3-8,10,16H,1-2H3. The number of hydrogen-bond donors (Lipinski definition) is 1. The second kappa shape index (κ2) is 5.38. The highest BCUT2D eigenvalue weighted by atomic mass is 32.1. The van der Waals surface area contributed by atoms with E-state index in [0.29, 0.717) is 0 Å². The second-order valence-corrected chi connectivity index (χ2v) is 5.33. The Balaban J connectivity index is 1.90. The lowest BCUT2D eigenvalue weighted by atomic mass is 10.2. The van der Waals surface area contributed by atoms with Gasteiger partial charge in [0.1, 0.15) is 6.33 Å². The smallest absolute Gasteiger partial charge is 0.143 e. The molecule has 0 saturated heterocycles. The van der Waals surface area contributed by atoms with E-state index < -0.39 is 0 Å². The first-order valence-electron chi connectivity index (χ1n) is 6.24. The molecule has 20 heavy (non-hydrogen) atoms. The van der Waals surface area contributed by atoms with Gasteiger partial charge in [0.05, 0.1) is 28.6 Å². The number of aromatic nitrogens is 5. The van der Waals surface area contributed by atoms with Crippen molar-refractivity contribution in [2.24, 2.45) is 0 Å². The third-order valence-corrected chi connectivity index (χ3v) is 4.16. The molecule has 0 bridgehead atoms. The summed E-state index contributed by atoms with van der Waals surface area (Å²) in [7, 11) is 0. The molecule has 0 radical (unpaired) electrons. The van der Waals surface area contributed by atoms with Crippen molar-refractivity contribution in [2.75, 3.05) is 5.32 Å². The summed E-state index contributed by atoms with van der Waals surface area (Å²) in [6, 6.07) is 8.13. The Morgan fingerprint density at radius 2 is 2.15 bits per heavy atom. The first kappa shape index (κ1) is 12.7. The molecule has 0 saturated carbocycles. The molecule has 0 aliphatic carbocycles. The van der Waals surface area contributed by atoms with Gasteiger partial charge in [0, 0.05) is 4.88 Å². The quantitative estimate of drug-likeness (QED) is 0.798. The summed E-state index contributed by atoms with van der Waals surface area (Å²) in [5, 5.41) is 14.8. The van der Waals surface area contributed by atoms with Crippen molar-refractivity contribution in [2.45, 2.75) is 19.9 Å². The molecule has 1 N–H and O–H groups in total. The molecule has 1 aromatic carbocycles. The molecule has 2 heterocycles. The van der Waals surface area contributed by atoms with Crippen LogP contribution in [-0.4, -0.2) is 25.2 Å². The summed E-state index contributed by atoms with van der Waals surface area (Å²) in [4.78, 5) is 5.53. The van der Waals surface area contributed by atoms with E-state index in [9.17, 15) is 0 Å². The van der Waals surface area contributed by atoms with Crippen LogP contribution >= 0.6 is 11.3 Å². The van der Waals surface area contributed by atoms with E-state index in [0.717, 1.165) is 17.1 Å². The minimum Gasteiger partial charge on any atom is -0.376 e. The normalized spacial score (nSPS) is 12.3. The molecular formula is C13H14N6S. The molecule has 7 heteroatoms.